The maximum Gasteiger partial charge on any atom is 0.242 e. The van der Waals surface area contributed by atoms with E-state index < -0.39 is 10.0 Å². The van der Waals surface area contributed by atoms with Crippen molar-refractivity contribution in [3.63, 3.8) is 0 Å². The Bertz CT molecular complexity index is 624. The zero-order valence-electron chi connectivity index (χ0n) is 12.4. The molecule has 1 aromatic carbocycles. The number of anilines is 1. The van der Waals surface area contributed by atoms with Crippen molar-refractivity contribution < 1.29 is 17.9 Å². The maximum atomic E-state index is 12.1. The molecule has 21 heavy (non-hydrogen) atoms. The van der Waals surface area contributed by atoms with Crippen LogP contribution in [0.15, 0.2) is 35.7 Å². The van der Waals surface area contributed by atoms with Gasteiger partial charge in [-0.2, -0.15) is 0 Å². The number of carbonyl (C=O) groups excluding carboxylic acids is 1. The van der Waals surface area contributed by atoms with Crippen LogP contribution in [0.1, 0.15) is 12.8 Å². The van der Waals surface area contributed by atoms with E-state index in [1.165, 1.54) is 39.4 Å². The van der Waals surface area contributed by atoms with Gasteiger partial charge in [0.1, 0.15) is 5.75 Å². The van der Waals surface area contributed by atoms with Crippen LogP contribution in [0.5, 0.6) is 5.75 Å². The Kier molecular flexibility index (Phi) is 5.92. The molecule has 0 heterocycles. The first-order valence-electron chi connectivity index (χ1n) is 6.34. The number of benzene rings is 1. The second kappa shape index (κ2) is 7.24. The lowest BCUT2D eigenvalue weighted by Crippen LogP contribution is -2.22. The molecule has 116 valence electrons. The fourth-order valence-corrected chi connectivity index (χ4v) is 2.53. The van der Waals surface area contributed by atoms with Gasteiger partial charge in [-0.15, -0.1) is 6.58 Å². The molecule has 0 radical (unpaired) electrons. The molecule has 1 aromatic rings. The largest absolute Gasteiger partial charge is 0.495 e. The molecule has 7 heteroatoms. The highest BCUT2D eigenvalue weighted by Crippen LogP contribution is 2.28. The van der Waals surface area contributed by atoms with Gasteiger partial charge < -0.3 is 10.1 Å². The van der Waals surface area contributed by atoms with Crippen LogP contribution < -0.4 is 10.1 Å². The summed E-state index contributed by atoms with van der Waals surface area (Å²) in [4.78, 5) is 11.9. The number of hydrogen-bond acceptors (Lipinski definition) is 4. The highest BCUT2D eigenvalue weighted by atomic mass is 32.2. The third-order valence-corrected chi connectivity index (χ3v) is 4.61. The van der Waals surface area contributed by atoms with Gasteiger partial charge in [-0.1, -0.05) is 6.08 Å². The summed E-state index contributed by atoms with van der Waals surface area (Å²) in [6.07, 6.45) is 2.46. The summed E-state index contributed by atoms with van der Waals surface area (Å²) in [6, 6.07) is 4.34. The third kappa shape index (κ3) is 4.30. The van der Waals surface area contributed by atoms with Crippen molar-refractivity contribution in [1.82, 2.24) is 4.31 Å². The average Bonchev–Trinajstić information content (AvgIpc) is 2.44. The molecule has 0 aliphatic heterocycles. The van der Waals surface area contributed by atoms with Gasteiger partial charge in [0.25, 0.3) is 0 Å². The summed E-state index contributed by atoms with van der Waals surface area (Å²) in [7, 11) is 0.779. The Hall–Kier alpha value is -1.86. The minimum Gasteiger partial charge on any atom is -0.495 e. The first-order valence-corrected chi connectivity index (χ1v) is 7.78. The molecule has 0 unspecified atom stereocenters. The predicted octanol–water partition coefficient (Wildman–Crippen LogP) is 1.85. The van der Waals surface area contributed by atoms with Crippen LogP contribution in [0.25, 0.3) is 0 Å². The summed E-state index contributed by atoms with van der Waals surface area (Å²) in [5.74, 6) is 0.173. The second-order valence-electron chi connectivity index (χ2n) is 4.53. The van der Waals surface area contributed by atoms with E-state index in [-0.39, 0.29) is 17.2 Å². The Morgan fingerprint density at radius 1 is 1.43 bits per heavy atom. The Labute approximate surface area is 125 Å². The smallest absolute Gasteiger partial charge is 0.242 e. The molecular formula is C14H20N2O4S. The van der Waals surface area contributed by atoms with Gasteiger partial charge in [0.2, 0.25) is 15.9 Å². The first-order chi connectivity index (χ1) is 9.82. The number of hydrogen-bond donors (Lipinski definition) is 1. The summed E-state index contributed by atoms with van der Waals surface area (Å²) in [5, 5.41) is 2.65. The molecule has 0 aliphatic rings. The van der Waals surface area contributed by atoms with E-state index in [9.17, 15) is 13.2 Å². The molecule has 1 N–H and O–H groups in total. The zero-order chi connectivity index (χ0) is 16.0. The van der Waals surface area contributed by atoms with Crippen molar-refractivity contribution in [1.29, 1.82) is 0 Å². The molecule has 0 aliphatic carbocycles. The average molecular weight is 312 g/mol. The fourth-order valence-electron chi connectivity index (χ4n) is 1.60. The van der Waals surface area contributed by atoms with Gasteiger partial charge in [0, 0.05) is 20.5 Å². The number of ether oxygens (including phenoxy) is 1. The molecule has 0 bridgehead atoms. The van der Waals surface area contributed by atoms with Crippen molar-refractivity contribution in [3.05, 3.63) is 30.9 Å². The quantitative estimate of drug-likeness (QED) is 0.780. The number of sulfonamides is 1. The molecular weight excluding hydrogens is 292 g/mol. The Morgan fingerprint density at radius 3 is 2.62 bits per heavy atom. The molecule has 0 spiro atoms. The molecule has 0 aromatic heterocycles. The summed E-state index contributed by atoms with van der Waals surface area (Å²) < 4.78 is 30.4. The van der Waals surface area contributed by atoms with Crippen LogP contribution in [-0.2, 0) is 14.8 Å². The van der Waals surface area contributed by atoms with Gasteiger partial charge in [-0.3, -0.25) is 4.79 Å². The van der Waals surface area contributed by atoms with Crippen molar-refractivity contribution in [2.24, 2.45) is 0 Å². The number of nitrogens with zero attached hydrogens (tertiary/aromatic N) is 1. The predicted molar refractivity (Wildman–Crippen MR) is 81.9 cm³/mol. The monoisotopic (exact) mass is 312 g/mol. The molecule has 1 amide bonds. The van der Waals surface area contributed by atoms with Crippen molar-refractivity contribution in [2.75, 3.05) is 26.5 Å². The number of amides is 1. The Balaban J connectivity index is 3.12. The van der Waals surface area contributed by atoms with Crippen LogP contribution in [0.4, 0.5) is 5.69 Å². The highest BCUT2D eigenvalue weighted by molar-refractivity contribution is 7.89. The van der Waals surface area contributed by atoms with E-state index in [0.29, 0.717) is 17.9 Å². The van der Waals surface area contributed by atoms with Crippen molar-refractivity contribution >= 4 is 21.6 Å². The van der Waals surface area contributed by atoms with Crippen molar-refractivity contribution in [3.8, 4) is 5.75 Å². The summed E-state index contributed by atoms with van der Waals surface area (Å²) >= 11 is 0. The van der Waals surface area contributed by atoms with Crippen LogP contribution in [0.2, 0.25) is 0 Å². The second-order valence-corrected chi connectivity index (χ2v) is 6.68. The van der Waals surface area contributed by atoms with Crippen LogP contribution in [0, 0.1) is 0 Å². The van der Waals surface area contributed by atoms with Crippen LogP contribution >= 0.6 is 0 Å². The highest BCUT2D eigenvalue weighted by Gasteiger charge is 2.19. The van der Waals surface area contributed by atoms with E-state index in [0.717, 1.165) is 4.31 Å². The van der Waals surface area contributed by atoms with Gasteiger partial charge in [0.15, 0.2) is 0 Å². The summed E-state index contributed by atoms with van der Waals surface area (Å²) in [5.41, 5.74) is 0.328. The topological polar surface area (TPSA) is 75.7 Å². The standard InChI is InChI=1S/C14H20N2O4S/c1-5-6-7-14(17)15-12-10-11(8-9-13(12)20-4)21(18,19)16(2)3/h5,8-10H,1,6-7H2,2-4H3,(H,15,17). The molecule has 0 saturated heterocycles. The lowest BCUT2D eigenvalue weighted by molar-refractivity contribution is -0.116. The van der Waals surface area contributed by atoms with Crippen molar-refractivity contribution in [2.45, 2.75) is 17.7 Å². The minimum atomic E-state index is -3.57. The molecule has 0 atom stereocenters. The zero-order valence-corrected chi connectivity index (χ0v) is 13.2. The molecule has 0 fully saturated rings. The number of rotatable bonds is 7. The number of carbonyl (C=O) groups is 1. The fraction of sp³-hybridized carbons (Fsp3) is 0.357. The van der Waals surface area contributed by atoms with Crippen LogP contribution in [-0.4, -0.2) is 39.8 Å². The van der Waals surface area contributed by atoms with E-state index >= 15 is 0 Å². The Morgan fingerprint density at radius 2 is 2.10 bits per heavy atom. The van der Waals surface area contributed by atoms with Gasteiger partial charge in [-0.25, -0.2) is 12.7 Å². The number of methoxy groups -OCH3 is 1. The lowest BCUT2D eigenvalue weighted by Gasteiger charge is -2.15. The third-order valence-electron chi connectivity index (χ3n) is 2.80. The molecule has 0 saturated carbocycles. The van der Waals surface area contributed by atoms with Gasteiger partial charge >= 0.3 is 0 Å². The number of allylic oxidation sites excluding steroid dienone is 1. The first kappa shape index (κ1) is 17.2. The van der Waals surface area contributed by atoms with E-state index in [1.54, 1.807) is 6.08 Å². The normalized spacial score (nSPS) is 11.2. The maximum absolute atomic E-state index is 12.1. The van der Waals surface area contributed by atoms with E-state index in [2.05, 4.69) is 11.9 Å². The number of nitrogens with one attached hydrogen (secondary N) is 1. The molecule has 6 nitrogen and oxygen atoms in total. The minimum absolute atomic E-state index is 0.0901. The molecule has 1 rings (SSSR count). The van der Waals surface area contributed by atoms with E-state index in [4.69, 9.17) is 4.74 Å². The van der Waals surface area contributed by atoms with Crippen LogP contribution in [0.3, 0.4) is 0 Å². The van der Waals surface area contributed by atoms with Gasteiger partial charge in [-0.05, 0) is 24.6 Å². The van der Waals surface area contributed by atoms with Gasteiger partial charge in [0.05, 0.1) is 17.7 Å². The lowest BCUT2D eigenvalue weighted by atomic mass is 10.2. The van der Waals surface area contributed by atoms with E-state index in [1.807, 2.05) is 0 Å². The SMILES string of the molecule is C=CCCC(=O)Nc1cc(S(=O)(=O)N(C)C)ccc1OC. The summed E-state index contributed by atoms with van der Waals surface area (Å²) in [6.45, 7) is 3.55.